The summed E-state index contributed by atoms with van der Waals surface area (Å²) in [5.74, 6) is -0.276. The van der Waals surface area contributed by atoms with Crippen molar-refractivity contribution in [1.82, 2.24) is 0 Å². The van der Waals surface area contributed by atoms with E-state index in [2.05, 4.69) is 0 Å². The van der Waals surface area contributed by atoms with Crippen LogP contribution in [0, 0.1) is 11.6 Å². The number of thioether (sulfide) groups is 1. The third-order valence-electron chi connectivity index (χ3n) is 1.50. The fourth-order valence-corrected chi connectivity index (χ4v) is 1.75. The van der Waals surface area contributed by atoms with E-state index in [1.807, 2.05) is 0 Å². The van der Waals surface area contributed by atoms with Crippen LogP contribution in [0.15, 0.2) is 23.1 Å². The molecule has 0 aromatic heterocycles. The molecule has 0 bridgehead atoms. The molecule has 0 atom stereocenters. The highest BCUT2D eigenvalue weighted by Gasteiger charge is 2.03. The van der Waals surface area contributed by atoms with E-state index in [1.54, 1.807) is 0 Å². The quantitative estimate of drug-likeness (QED) is 0.600. The van der Waals surface area contributed by atoms with Crippen molar-refractivity contribution in [3.63, 3.8) is 0 Å². The zero-order chi connectivity index (χ0) is 9.68. The predicted octanol–water partition coefficient (Wildman–Crippen LogP) is 2.41. The van der Waals surface area contributed by atoms with E-state index in [0.29, 0.717) is 11.4 Å². The van der Waals surface area contributed by atoms with Crippen molar-refractivity contribution in [2.45, 2.75) is 11.3 Å². The first kappa shape index (κ1) is 10.5. The van der Waals surface area contributed by atoms with E-state index in [-0.39, 0.29) is 0 Å². The molecule has 1 aromatic carbocycles. The minimum atomic E-state index is -0.541. The van der Waals surface area contributed by atoms with Gasteiger partial charge < -0.3 is 5.73 Å². The number of halogens is 2. The van der Waals surface area contributed by atoms with Gasteiger partial charge in [0.1, 0.15) is 11.6 Å². The van der Waals surface area contributed by atoms with Crippen molar-refractivity contribution in [1.29, 1.82) is 0 Å². The zero-order valence-electron chi connectivity index (χ0n) is 7.09. The van der Waals surface area contributed by atoms with Gasteiger partial charge in [0.2, 0.25) is 0 Å². The number of hydrogen-bond acceptors (Lipinski definition) is 2. The van der Waals surface area contributed by atoms with Crippen LogP contribution >= 0.6 is 11.8 Å². The third-order valence-corrected chi connectivity index (χ3v) is 2.63. The van der Waals surface area contributed by atoms with Gasteiger partial charge in [-0.15, -0.1) is 11.8 Å². The predicted molar refractivity (Wildman–Crippen MR) is 50.8 cm³/mol. The second-order valence-corrected chi connectivity index (χ2v) is 3.70. The van der Waals surface area contributed by atoms with E-state index in [4.69, 9.17) is 5.73 Å². The van der Waals surface area contributed by atoms with E-state index in [0.717, 1.165) is 18.2 Å². The third kappa shape index (κ3) is 3.32. The highest BCUT2D eigenvalue weighted by atomic mass is 32.2. The Balaban J connectivity index is 2.56. The summed E-state index contributed by atoms with van der Waals surface area (Å²) in [5, 5.41) is 0. The normalized spacial score (nSPS) is 10.4. The monoisotopic (exact) mass is 203 g/mol. The molecule has 72 valence electrons. The van der Waals surface area contributed by atoms with Crippen LogP contribution in [0.25, 0.3) is 0 Å². The van der Waals surface area contributed by atoms with Gasteiger partial charge >= 0.3 is 0 Å². The summed E-state index contributed by atoms with van der Waals surface area (Å²) < 4.78 is 25.5. The summed E-state index contributed by atoms with van der Waals surface area (Å²) in [7, 11) is 0. The molecule has 0 aliphatic heterocycles. The molecule has 0 aliphatic rings. The minimum absolute atomic E-state index is 0.481. The second-order valence-electron chi connectivity index (χ2n) is 2.57. The van der Waals surface area contributed by atoms with Crippen molar-refractivity contribution in [3.8, 4) is 0 Å². The van der Waals surface area contributed by atoms with Gasteiger partial charge in [-0.3, -0.25) is 0 Å². The van der Waals surface area contributed by atoms with E-state index in [1.165, 1.54) is 23.9 Å². The van der Waals surface area contributed by atoms with Crippen LogP contribution in [0.2, 0.25) is 0 Å². The molecule has 0 aliphatic carbocycles. The maximum Gasteiger partial charge on any atom is 0.139 e. The lowest BCUT2D eigenvalue weighted by atomic mass is 10.3. The lowest BCUT2D eigenvalue weighted by Gasteiger charge is -2.01. The molecule has 0 spiro atoms. The number of hydrogen-bond donors (Lipinski definition) is 1. The molecule has 1 rings (SSSR count). The van der Waals surface area contributed by atoms with Crippen LogP contribution in [-0.2, 0) is 0 Å². The largest absolute Gasteiger partial charge is 0.330 e. The highest BCUT2D eigenvalue weighted by molar-refractivity contribution is 7.99. The zero-order valence-corrected chi connectivity index (χ0v) is 7.91. The lowest BCUT2D eigenvalue weighted by Crippen LogP contribution is -1.99. The number of benzene rings is 1. The Hall–Kier alpha value is -0.610. The molecule has 0 unspecified atom stereocenters. The van der Waals surface area contributed by atoms with Crippen molar-refractivity contribution in [3.05, 3.63) is 29.8 Å². The van der Waals surface area contributed by atoms with Crippen LogP contribution in [-0.4, -0.2) is 12.3 Å². The smallest absolute Gasteiger partial charge is 0.139 e. The lowest BCUT2D eigenvalue weighted by molar-refractivity contribution is 0.565. The van der Waals surface area contributed by atoms with Crippen molar-refractivity contribution < 1.29 is 8.78 Å². The van der Waals surface area contributed by atoms with Gasteiger partial charge in [0.05, 0.1) is 0 Å². The molecule has 4 heteroatoms. The van der Waals surface area contributed by atoms with Gasteiger partial charge in [-0.2, -0.15) is 0 Å². The van der Waals surface area contributed by atoms with Gasteiger partial charge in [0, 0.05) is 11.0 Å². The van der Waals surface area contributed by atoms with Gasteiger partial charge in [-0.25, -0.2) is 8.78 Å². The molecule has 0 amide bonds. The Morgan fingerprint density at radius 2 is 2.08 bits per heavy atom. The van der Waals surface area contributed by atoms with Gasteiger partial charge in [0.15, 0.2) is 0 Å². The molecular weight excluding hydrogens is 192 g/mol. The van der Waals surface area contributed by atoms with E-state index < -0.39 is 11.6 Å². The van der Waals surface area contributed by atoms with Gasteiger partial charge in [0.25, 0.3) is 0 Å². The first-order valence-electron chi connectivity index (χ1n) is 4.02. The van der Waals surface area contributed by atoms with Gasteiger partial charge in [-0.1, -0.05) is 0 Å². The standard InChI is InChI=1S/C9H11F2NS/c10-7-2-3-9(8(11)6-7)13-5-1-4-12/h2-3,6H,1,4-5,12H2. The molecule has 1 nitrogen and oxygen atoms in total. The molecule has 2 N–H and O–H groups in total. The Morgan fingerprint density at radius 1 is 1.31 bits per heavy atom. The summed E-state index contributed by atoms with van der Waals surface area (Å²) >= 11 is 1.36. The summed E-state index contributed by atoms with van der Waals surface area (Å²) in [6.45, 7) is 0.593. The van der Waals surface area contributed by atoms with E-state index in [9.17, 15) is 8.78 Å². The highest BCUT2D eigenvalue weighted by Crippen LogP contribution is 2.22. The molecule has 13 heavy (non-hydrogen) atoms. The Kier molecular flexibility index (Phi) is 4.18. The number of rotatable bonds is 4. The Labute approximate surface area is 80.3 Å². The molecule has 0 radical (unpaired) electrons. The average Bonchev–Trinajstić information content (AvgIpc) is 2.09. The molecule has 0 saturated carbocycles. The molecular formula is C9H11F2NS. The van der Waals surface area contributed by atoms with Crippen LogP contribution in [0.3, 0.4) is 0 Å². The fourth-order valence-electron chi connectivity index (χ4n) is 0.858. The Bertz CT molecular complexity index is 278. The first-order valence-corrected chi connectivity index (χ1v) is 5.00. The summed E-state index contributed by atoms with van der Waals surface area (Å²) in [6, 6.07) is 3.60. The van der Waals surface area contributed by atoms with Crippen LogP contribution in [0.1, 0.15) is 6.42 Å². The molecule has 1 aromatic rings. The van der Waals surface area contributed by atoms with Gasteiger partial charge in [-0.05, 0) is 30.9 Å². The molecule has 0 fully saturated rings. The molecule has 0 heterocycles. The van der Waals surface area contributed by atoms with Crippen molar-refractivity contribution in [2.24, 2.45) is 5.73 Å². The summed E-state index contributed by atoms with van der Waals surface area (Å²) in [6.07, 6.45) is 0.835. The summed E-state index contributed by atoms with van der Waals surface area (Å²) in [4.78, 5) is 0.481. The maximum absolute atomic E-state index is 13.0. The first-order chi connectivity index (χ1) is 6.24. The van der Waals surface area contributed by atoms with Crippen molar-refractivity contribution >= 4 is 11.8 Å². The summed E-state index contributed by atoms with van der Waals surface area (Å²) in [5.41, 5.74) is 5.29. The maximum atomic E-state index is 13.0. The SMILES string of the molecule is NCCCSc1ccc(F)cc1F. The van der Waals surface area contributed by atoms with Crippen LogP contribution < -0.4 is 5.73 Å². The fraction of sp³-hybridized carbons (Fsp3) is 0.333. The topological polar surface area (TPSA) is 26.0 Å². The van der Waals surface area contributed by atoms with Crippen LogP contribution in [0.5, 0.6) is 0 Å². The van der Waals surface area contributed by atoms with Crippen LogP contribution in [0.4, 0.5) is 8.78 Å². The second kappa shape index (κ2) is 5.19. The molecule has 0 saturated heterocycles. The van der Waals surface area contributed by atoms with E-state index >= 15 is 0 Å². The number of nitrogens with two attached hydrogens (primary N) is 1. The minimum Gasteiger partial charge on any atom is -0.330 e. The Morgan fingerprint density at radius 3 is 2.69 bits per heavy atom. The van der Waals surface area contributed by atoms with Crippen molar-refractivity contribution in [2.75, 3.05) is 12.3 Å². The average molecular weight is 203 g/mol.